The molecule has 0 aromatic heterocycles. The molecule has 176 valence electrons. The highest BCUT2D eigenvalue weighted by Gasteiger charge is 2.32. The first-order chi connectivity index (χ1) is 13.8. The number of rotatable bonds is 15. The van der Waals surface area contributed by atoms with Crippen LogP contribution in [0.2, 0.25) is 0 Å². The van der Waals surface area contributed by atoms with Gasteiger partial charge in [0.15, 0.2) is 5.78 Å². The molecule has 0 aliphatic carbocycles. The molecule has 0 heterocycles. The Labute approximate surface area is 190 Å². The number of thioether (sulfide) groups is 1. The predicted molar refractivity (Wildman–Crippen MR) is 130 cm³/mol. The number of ketones is 2. The summed E-state index contributed by atoms with van der Waals surface area (Å²) in [5.74, 6) is 1.15. The molecule has 0 aromatic rings. The molecule has 0 aliphatic rings. The molecule has 1 amide bonds. The van der Waals surface area contributed by atoms with Gasteiger partial charge in [0, 0.05) is 36.5 Å². The van der Waals surface area contributed by atoms with Crippen LogP contribution in [-0.2, 0) is 14.4 Å². The molecule has 0 aliphatic heterocycles. The highest BCUT2D eigenvalue weighted by molar-refractivity contribution is 8.00. The lowest BCUT2D eigenvalue weighted by molar-refractivity contribution is -0.141. The highest BCUT2D eigenvalue weighted by Crippen LogP contribution is 2.25. The molecule has 0 bridgehead atoms. The van der Waals surface area contributed by atoms with Crippen molar-refractivity contribution in [2.75, 3.05) is 12.8 Å². The van der Waals surface area contributed by atoms with Crippen LogP contribution in [0.4, 0.5) is 0 Å². The fourth-order valence-corrected chi connectivity index (χ4v) is 4.09. The van der Waals surface area contributed by atoms with E-state index in [4.69, 9.17) is 0 Å². The zero-order valence-corrected chi connectivity index (χ0v) is 21.8. The second kappa shape index (κ2) is 14.3. The molecular weight excluding hydrogens is 394 g/mol. The lowest BCUT2D eigenvalue weighted by atomic mass is 9.85. The number of unbranched alkanes of at least 4 members (excludes halogenated alkanes) is 5. The molecule has 0 radical (unpaired) electrons. The summed E-state index contributed by atoms with van der Waals surface area (Å²) in [5, 5.41) is 0. The van der Waals surface area contributed by atoms with E-state index in [2.05, 4.69) is 27.7 Å². The molecule has 0 saturated carbocycles. The Morgan fingerprint density at radius 1 is 0.833 bits per heavy atom. The number of hydrogen-bond donors (Lipinski definition) is 0. The summed E-state index contributed by atoms with van der Waals surface area (Å²) in [6.45, 7) is 14.4. The van der Waals surface area contributed by atoms with Crippen molar-refractivity contribution in [3.05, 3.63) is 0 Å². The smallest absolute Gasteiger partial charge is 0.222 e. The lowest BCUT2D eigenvalue weighted by Gasteiger charge is -2.29. The molecule has 30 heavy (non-hydrogen) atoms. The predicted octanol–water partition coefficient (Wildman–Crippen LogP) is 6.45. The van der Waals surface area contributed by atoms with Gasteiger partial charge in [-0.3, -0.25) is 14.4 Å². The van der Waals surface area contributed by atoms with Crippen molar-refractivity contribution in [1.29, 1.82) is 0 Å². The number of amides is 1. The van der Waals surface area contributed by atoms with Gasteiger partial charge in [-0.15, -0.1) is 0 Å². The zero-order valence-electron chi connectivity index (χ0n) is 20.9. The standard InChI is InChI=1S/C25H47NO3S/c1-9-10-11-13-16-21(27)20(19-22(28)24(2,3)4)26(8)23(29)17-14-12-15-18-30-25(5,6)7/h20H,9-19H2,1-8H3. The van der Waals surface area contributed by atoms with E-state index in [-0.39, 0.29) is 28.6 Å². The van der Waals surface area contributed by atoms with Crippen molar-refractivity contribution in [1.82, 2.24) is 4.90 Å². The number of nitrogens with zero attached hydrogens (tertiary/aromatic N) is 1. The average molecular weight is 442 g/mol. The maximum atomic E-state index is 12.9. The van der Waals surface area contributed by atoms with Crippen LogP contribution in [-0.4, -0.2) is 46.0 Å². The summed E-state index contributed by atoms with van der Waals surface area (Å²) >= 11 is 1.95. The van der Waals surface area contributed by atoms with Crippen molar-refractivity contribution in [2.45, 2.75) is 123 Å². The molecule has 0 spiro atoms. The second-order valence-corrected chi connectivity index (χ2v) is 12.4. The fourth-order valence-electron chi connectivity index (χ4n) is 3.12. The van der Waals surface area contributed by atoms with Gasteiger partial charge >= 0.3 is 0 Å². The number of Topliss-reactive ketones (excluding diaryl/α,β-unsaturated/α-hetero) is 2. The Morgan fingerprint density at radius 2 is 1.40 bits per heavy atom. The van der Waals surface area contributed by atoms with Gasteiger partial charge in [-0.05, 0) is 25.0 Å². The molecule has 4 nitrogen and oxygen atoms in total. The van der Waals surface area contributed by atoms with Crippen LogP contribution in [0.1, 0.15) is 113 Å². The van der Waals surface area contributed by atoms with Crippen molar-refractivity contribution >= 4 is 29.2 Å². The first-order valence-corrected chi connectivity index (χ1v) is 12.7. The molecule has 0 aromatic carbocycles. The van der Waals surface area contributed by atoms with E-state index >= 15 is 0 Å². The SMILES string of the molecule is CCCCCCC(=O)C(CC(=O)C(C)(C)C)N(C)C(=O)CCCCCSC(C)(C)C. The van der Waals surface area contributed by atoms with Gasteiger partial charge in [-0.2, -0.15) is 11.8 Å². The van der Waals surface area contributed by atoms with E-state index < -0.39 is 11.5 Å². The number of carbonyl (C=O) groups is 3. The van der Waals surface area contributed by atoms with Crippen molar-refractivity contribution in [3.63, 3.8) is 0 Å². The van der Waals surface area contributed by atoms with E-state index in [1.54, 1.807) is 11.9 Å². The monoisotopic (exact) mass is 441 g/mol. The Balaban J connectivity index is 4.75. The highest BCUT2D eigenvalue weighted by atomic mass is 32.2. The normalized spacial score (nSPS) is 13.2. The van der Waals surface area contributed by atoms with E-state index in [0.29, 0.717) is 12.8 Å². The van der Waals surface area contributed by atoms with Crippen LogP contribution < -0.4 is 0 Å². The Kier molecular flexibility index (Phi) is 13.9. The van der Waals surface area contributed by atoms with Gasteiger partial charge < -0.3 is 4.90 Å². The maximum absolute atomic E-state index is 12.9. The maximum Gasteiger partial charge on any atom is 0.222 e. The van der Waals surface area contributed by atoms with Crippen LogP contribution in [0.3, 0.4) is 0 Å². The third kappa shape index (κ3) is 13.5. The van der Waals surface area contributed by atoms with Crippen molar-refractivity contribution in [2.24, 2.45) is 5.41 Å². The third-order valence-electron chi connectivity index (χ3n) is 5.29. The van der Waals surface area contributed by atoms with Crippen molar-refractivity contribution < 1.29 is 14.4 Å². The molecule has 0 fully saturated rings. The Bertz CT molecular complexity index is 531. The second-order valence-electron chi connectivity index (χ2n) is 10.4. The molecule has 0 N–H and O–H groups in total. The summed E-state index contributed by atoms with van der Waals surface area (Å²) in [5.41, 5.74) is -0.505. The average Bonchev–Trinajstić information content (AvgIpc) is 2.63. The quantitative estimate of drug-likeness (QED) is 0.274. The molecule has 5 heteroatoms. The Morgan fingerprint density at radius 3 is 1.93 bits per heavy atom. The van der Waals surface area contributed by atoms with Gasteiger partial charge in [0.2, 0.25) is 5.91 Å². The minimum atomic E-state index is -0.623. The molecule has 0 rings (SSSR count). The third-order valence-corrected chi connectivity index (χ3v) is 6.65. The molecule has 1 unspecified atom stereocenters. The van der Waals surface area contributed by atoms with Gasteiger partial charge in [0.1, 0.15) is 5.78 Å². The largest absolute Gasteiger partial charge is 0.335 e. The summed E-state index contributed by atoms with van der Waals surface area (Å²) in [6.07, 6.45) is 8.05. The molecular formula is C25H47NO3S. The first kappa shape index (κ1) is 29.2. The molecule has 0 saturated heterocycles. The van der Waals surface area contributed by atoms with Gasteiger partial charge in [0.25, 0.3) is 0 Å². The van der Waals surface area contributed by atoms with Crippen LogP contribution in [0, 0.1) is 5.41 Å². The number of hydrogen-bond acceptors (Lipinski definition) is 4. The van der Waals surface area contributed by atoms with E-state index in [0.717, 1.165) is 50.7 Å². The van der Waals surface area contributed by atoms with Gasteiger partial charge in [-0.25, -0.2) is 0 Å². The summed E-state index contributed by atoms with van der Waals surface area (Å²) in [7, 11) is 1.70. The van der Waals surface area contributed by atoms with Crippen molar-refractivity contribution in [3.8, 4) is 0 Å². The van der Waals surface area contributed by atoms with Gasteiger partial charge in [-0.1, -0.05) is 74.1 Å². The summed E-state index contributed by atoms with van der Waals surface area (Å²) in [6, 6.07) is -0.623. The summed E-state index contributed by atoms with van der Waals surface area (Å²) < 4.78 is 0.278. The minimum Gasteiger partial charge on any atom is -0.335 e. The zero-order chi connectivity index (χ0) is 23.4. The summed E-state index contributed by atoms with van der Waals surface area (Å²) in [4.78, 5) is 39.8. The fraction of sp³-hybridized carbons (Fsp3) is 0.880. The Hall–Kier alpha value is -0.840. The van der Waals surface area contributed by atoms with Gasteiger partial charge in [0.05, 0.1) is 6.04 Å². The van der Waals surface area contributed by atoms with Crippen LogP contribution >= 0.6 is 11.8 Å². The van der Waals surface area contributed by atoms with Crippen LogP contribution in [0.15, 0.2) is 0 Å². The van der Waals surface area contributed by atoms with Crippen LogP contribution in [0.5, 0.6) is 0 Å². The molecule has 1 atom stereocenters. The van der Waals surface area contributed by atoms with E-state index in [1.165, 1.54) is 0 Å². The number of likely N-dealkylation sites (N-methyl/N-ethyl adjacent to an activating group) is 1. The van der Waals surface area contributed by atoms with E-state index in [1.807, 2.05) is 32.5 Å². The first-order valence-electron chi connectivity index (χ1n) is 11.7. The topological polar surface area (TPSA) is 54.5 Å². The lowest BCUT2D eigenvalue weighted by Crippen LogP contribution is -2.45. The number of carbonyl (C=O) groups excluding carboxylic acids is 3. The van der Waals surface area contributed by atoms with Crippen LogP contribution in [0.25, 0.3) is 0 Å². The van der Waals surface area contributed by atoms with E-state index in [9.17, 15) is 14.4 Å². The minimum absolute atomic E-state index is 0.0212.